The number of carboxylic acids is 1. The maximum atomic E-state index is 13.6. The Labute approximate surface area is 174 Å². The van der Waals surface area contributed by atoms with E-state index in [1.54, 1.807) is 21.4 Å². The molecule has 0 aliphatic heterocycles. The van der Waals surface area contributed by atoms with Crippen molar-refractivity contribution in [1.29, 1.82) is 0 Å². The minimum Gasteiger partial charge on any atom is -0.481 e. The molecule has 7 nitrogen and oxygen atoms in total. The molecule has 0 aliphatic carbocycles. The van der Waals surface area contributed by atoms with Gasteiger partial charge in [-0.2, -0.15) is 0 Å². The number of aryl methyl sites for hydroxylation is 1. The first kappa shape index (κ1) is 19.9. The molecule has 0 bridgehead atoms. The molecule has 4 aromatic rings. The van der Waals surface area contributed by atoms with Crippen LogP contribution in [0.3, 0.4) is 0 Å². The summed E-state index contributed by atoms with van der Waals surface area (Å²) >= 11 is 0. The van der Waals surface area contributed by atoms with Gasteiger partial charge >= 0.3 is 11.7 Å². The normalized spacial score (nSPS) is 13.7. The molecular weight excluding hydrogens is 380 g/mol. The number of hydrogen-bond donors (Lipinski definition) is 2. The number of imidazole rings is 1. The van der Waals surface area contributed by atoms with E-state index in [2.05, 4.69) is 23.0 Å². The quantitative estimate of drug-likeness (QED) is 0.475. The first-order chi connectivity index (χ1) is 14.4. The van der Waals surface area contributed by atoms with Crippen LogP contribution in [-0.4, -0.2) is 30.2 Å². The number of hydrogen-bond acceptors (Lipinski definition) is 3. The molecule has 0 spiro atoms. The van der Waals surface area contributed by atoms with Crippen LogP contribution >= 0.6 is 0 Å². The SMILES string of the molecule is CCCC(CC(=O)O)n1c(=O)n(C(C)c2c[nH]c3cccc(C)c23)c2ncccc21. The molecule has 2 unspecified atom stereocenters. The van der Waals surface area contributed by atoms with E-state index in [0.29, 0.717) is 17.6 Å². The van der Waals surface area contributed by atoms with Gasteiger partial charge in [-0.25, -0.2) is 9.78 Å². The number of H-pyrrole nitrogens is 1. The van der Waals surface area contributed by atoms with Gasteiger partial charge in [0.25, 0.3) is 0 Å². The summed E-state index contributed by atoms with van der Waals surface area (Å²) in [6.45, 7) is 6.04. The van der Waals surface area contributed by atoms with Crippen LogP contribution in [0.2, 0.25) is 0 Å². The number of nitrogens with one attached hydrogen (secondary N) is 1. The van der Waals surface area contributed by atoms with Crippen LogP contribution < -0.4 is 5.69 Å². The second-order valence-corrected chi connectivity index (χ2v) is 7.83. The van der Waals surface area contributed by atoms with Crippen molar-refractivity contribution >= 4 is 28.0 Å². The molecule has 1 aromatic carbocycles. The lowest BCUT2D eigenvalue weighted by Crippen LogP contribution is -2.30. The van der Waals surface area contributed by atoms with Gasteiger partial charge in [0.05, 0.1) is 18.0 Å². The van der Waals surface area contributed by atoms with E-state index in [4.69, 9.17) is 0 Å². The van der Waals surface area contributed by atoms with E-state index in [9.17, 15) is 14.7 Å². The zero-order valence-electron chi connectivity index (χ0n) is 17.4. The Balaban J connectivity index is 1.94. The molecule has 0 aliphatic rings. The highest BCUT2D eigenvalue weighted by atomic mass is 16.4. The van der Waals surface area contributed by atoms with Crippen molar-refractivity contribution in [1.82, 2.24) is 19.1 Å². The van der Waals surface area contributed by atoms with Crippen LogP contribution in [0.1, 0.15) is 56.3 Å². The number of fused-ring (bicyclic) bond motifs is 2. The maximum Gasteiger partial charge on any atom is 0.331 e. The molecular formula is C23H26N4O3. The fourth-order valence-corrected chi connectivity index (χ4v) is 4.50. The second-order valence-electron chi connectivity index (χ2n) is 7.83. The minimum atomic E-state index is -0.912. The molecule has 156 valence electrons. The van der Waals surface area contributed by atoms with Gasteiger partial charge in [0.2, 0.25) is 0 Å². The molecule has 7 heteroatoms. The molecule has 4 rings (SSSR count). The minimum absolute atomic E-state index is 0.0949. The van der Waals surface area contributed by atoms with E-state index in [0.717, 1.165) is 28.5 Å². The van der Waals surface area contributed by atoms with E-state index in [1.807, 2.05) is 38.2 Å². The van der Waals surface area contributed by atoms with Gasteiger partial charge in [0.15, 0.2) is 5.65 Å². The molecule has 2 atom stereocenters. The van der Waals surface area contributed by atoms with Gasteiger partial charge in [-0.05, 0) is 44.0 Å². The Bertz CT molecular complexity index is 1280. The van der Waals surface area contributed by atoms with Crippen LogP contribution in [-0.2, 0) is 4.79 Å². The van der Waals surface area contributed by atoms with Crippen LogP contribution in [0.4, 0.5) is 0 Å². The maximum absolute atomic E-state index is 13.6. The Hall–Kier alpha value is -3.35. The Morgan fingerprint density at radius 1 is 1.23 bits per heavy atom. The van der Waals surface area contributed by atoms with Gasteiger partial charge < -0.3 is 10.1 Å². The number of aromatic amines is 1. The van der Waals surface area contributed by atoms with Crippen molar-refractivity contribution in [3.05, 3.63) is 64.3 Å². The number of carboxylic acid groups (broad SMARTS) is 1. The lowest BCUT2D eigenvalue weighted by Gasteiger charge is -2.16. The Kier molecular flexibility index (Phi) is 5.20. The number of aliphatic carboxylic acids is 1. The molecule has 0 amide bonds. The number of carbonyl (C=O) groups is 1. The van der Waals surface area contributed by atoms with Crippen molar-refractivity contribution in [3.63, 3.8) is 0 Å². The predicted octanol–water partition coefficient (Wildman–Crippen LogP) is 4.41. The van der Waals surface area contributed by atoms with Crippen molar-refractivity contribution in [3.8, 4) is 0 Å². The smallest absolute Gasteiger partial charge is 0.331 e. The van der Waals surface area contributed by atoms with Crippen molar-refractivity contribution in [2.75, 3.05) is 0 Å². The fourth-order valence-electron chi connectivity index (χ4n) is 4.50. The van der Waals surface area contributed by atoms with E-state index >= 15 is 0 Å². The van der Waals surface area contributed by atoms with Crippen LogP contribution in [0.15, 0.2) is 47.5 Å². The summed E-state index contributed by atoms with van der Waals surface area (Å²) < 4.78 is 3.31. The molecule has 0 fully saturated rings. The molecule has 2 N–H and O–H groups in total. The summed E-state index contributed by atoms with van der Waals surface area (Å²) in [7, 11) is 0. The van der Waals surface area contributed by atoms with Gasteiger partial charge in [-0.15, -0.1) is 0 Å². The highest BCUT2D eigenvalue weighted by Crippen LogP contribution is 2.31. The number of benzene rings is 1. The van der Waals surface area contributed by atoms with Crippen molar-refractivity contribution in [2.45, 2.75) is 52.1 Å². The monoisotopic (exact) mass is 406 g/mol. The zero-order valence-corrected chi connectivity index (χ0v) is 17.4. The Morgan fingerprint density at radius 2 is 2.03 bits per heavy atom. The third-order valence-corrected chi connectivity index (χ3v) is 5.85. The summed E-state index contributed by atoms with van der Waals surface area (Å²) in [5.41, 5.74) is 4.19. The second kappa shape index (κ2) is 7.82. The summed E-state index contributed by atoms with van der Waals surface area (Å²) in [5.74, 6) is -0.912. The average molecular weight is 406 g/mol. The van der Waals surface area contributed by atoms with Crippen LogP contribution in [0.5, 0.6) is 0 Å². The Morgan fingerprint density at radius 3 is 2.77 bits per heavy atom. The number of rotatable bonds is 7. The van der Waals surface area contributed by atoms with Gasteiger partial charge in [0.1, 0.15) is 0 Å². The van der Waals surface area contributed by atoms with Crippen LogP contribution in [0, 0.1) is 6.92 Å². The fraction of sp³-hybridized carbons (Fsp3) is 0.348. The molecule has 0 saturated carbocycles. The van der Waals surface area contributed by atoms with Crippen LogP contribution in [0.25, 0.3) is 22.1 Å². The standard InChI is InChI=1S/C23H26N4O3/c1-4-7-16(12-20(28)29)27-19-10-6-11-24-22(19)26(23(27)30)15(3)17-13-25-18-9-5-8-14(2)21(17)18/h5-6,8-11,13,15-16,25H,4,7,12H2,1-3H3,(H,28,29). The van der Waals surface area contributed by atoms with E-state index < -0.39 is 12.0 Å². The first-order valence-corrected chi connectivity index (χ1v) is 10.3. The summed E-state index contributed by atoms with van der Waals surface area (Å²) in [6.07, 6.45) is 4.92. The predicted molar refractivity (Wildman–Crippen MR) is 117 cm³/mol. The zero-order chi connectivity index (χ0) is 21.4. The summed E-state index contributed by atoms with van der Waals surface area (Å²) in [5, 5.41) is 10.5. The molecule has 0 radical (unpaired) electrons. The van der Waals surface area contributed by atoms with Gasteiger partial charge in [0, 0.05) is 34.9 Å². The molecule has 0 saturated heterocycles. The summed E-state index contributed by atoms with van der Waals surface area (Å²) in [6, 6.07) is 9.03. The first-order valence-electron chi connectivity index (χ1n) is 10.3. The topological polar surface area (TPSA) is 92.9 Å². The average Bonchev–Trinajstić information content (AvgIpc) is 3.26. The summed E-state index contributed by atoms with van der Waals surface area (Å²) in [4.78, 5) is 32.9. The number of aromatic nitrogens is 4. The lowest BCUT2D eigenvalue weighted by molar-refractivity contribution is -0.137. The van der Waals surface area contributed by atoms with Gasteiger partial charge in [-0.1, -0.05) is 25.5 Å². The van der Waals surface area contributed by atoms with Crippen molar-refractivity contribution < 1.29 is 9.90 Å². The third-order valence-electron chi connectivity index (χ3n) is 5.85. The molecule has 3 aromatic heterocycles. The van der Waals surface area contributed by atoms with E-state index in [-0.39, 0.29) is 18.2 Å². The third kappa shape index (κ3) is 3.20. The van der Waals surface area contributed by atoms with E-state index in [1.165, 1.54) is 0 Å². The highest BCUT2D eigenvalue weighted by molar-refractivity contribution is 5.87. The number of pyridine rings is 1. The number of nitrogens with zero attached hydrogens (tertiary/aromatic N) is 3. The van der Waals surface area contributed by atoms with Gasteiger partial charge in [-0.3, -0.25) is 13.9 Å². The largest absolute Gasteiger partial charge is 0.481 e. The lowest BCUT2D eigenvalue weighted by atomic mass is 10.0. The molecule has 3 heterocycles. The highest BCUT2D eigenvalue weighted by Gasteiger charge is 2.26. The van der Waals surface area contributed by atoms with Crippen molar-refractivity contribution in [2.24, 2.45) is 0 Å². The molecule has 30 heavy (non-hydrogen) atoms.